The normalized spacial score (nSPS) is 20.9. The van der Waals surface area contributed by atoms with Gasteiger partial charge in [-0.1, -0.05) is 0 Å². The largest absolute Gasteiger partial charge is 0.346 e. The van der Waals surface area contributed by atoms with E-state index >= 15 is 0 Å². The molecule has 0 N–H and O–H groups in total. The van der Waals surface area contributed by atoms with Gasteiger partial charge in [0.05, 0.1) is 0 Å². The van der Waals surface area contributed by atoms with Crippen LogP contribution < -0.4 is 0 Å². The Hall–Kier alpha value is 0.594. The Balaban J connectivity index is 0. The smallest absolute Gasteiger partial charge is 0.0301 e. The van der Waals surface area contributed by atoms with Gasteiger partial charge in [-0.25, -0.2) is 5.26 Å². The van der Waals surface area contributed by atoms with Crippen molar-refractivity contribution in [2.24, 2.45) is 5.92 Å². The summed E-state index contributed by atoms with van der Waals surface area (Å²) >= 11 is 0. The number of nitriles is 1. The van der Waals surface area contributed by atoms with Gasteiger partial charge in [-0.05, 0) is 0 Å². The average molecular weight is 184 g/mol. The summed E-state index contributed by atoms with van der Waals surface area (Å²) in [5.74, 6) is 0.315. The van der Waals surface area contributed by atoms with Crippen LogP contribution in [0.4, 0.5) is 0 Å². The molecule has 1 atom stereocenters. The maximum absolute atomic E-state index is 7.92. The molecule has 2 heteroatoms. The third-order valence-electron chi connectivity index (χ3n) is 0.637. The van der Waals surface area contributed by atoms with Crippen molar-refractivity contribution in [3.8, 4) is 6.07 Å². The van der Waals surface area contributed by atoms with E-state index in [2.05, 4.69) is 13.0 Å². The van der Waals surface area contributed by atoms with Gasteiger partial charge in [-0.2, -0.15) is 13.3 Å². The molecule has 1 unspecified atom stereocenters. The molecule has 1 aliphatic carbocycles. The Morgan fingerprint density at radius 1 is 1.75 bits per heavy atom. The van der Waals surface area contributed by atoms with E-state index in [4.69, 9.17) is 5.26 Å². The van der Waals surface area contributed by atoms with Crippen LogP contribution in [-0.4, -0.2) is 0 Å². The van der Waals surface area contributed by atoms with Crippen LogP contribution in [0.2, 0.25) is 0 Å². The van der Waals surface area contributed by atoms with Gasteiger partial charge in [-0.3, -0.25) is 0 Å². The van der Waals surface area contributed by atoms with Gasteiger partial charge in [0.2, 0.25) is 0 Å². The van der Waals surface area contributed by atoms with Gasteiger partial charge in [0.15, 0.2) is 0 Å². The second-order valence-electron chi connectivity index (χ2n) is 1.21. The predicted octanol–water partition coefficient (Wildman–Crippen LogP) is 1.57. The first-order valence-electron chi connectivity index (χ1n) is 2.37. The third kappa shape index (κ3) is 6.59. The first-order valence-corrected chi connectivity index (χ1v) is 2.37. The van der Waals surface area contributed by atoms with E-state index < -0.39 is 0 Å². The Kier molecular flexibility index (Phi) is 10.8. The van der Waals surface area contributed by atoms with Crippen molar-refractivity contribution in [3.05, 3.63) is 13.3 Å². The summed E-state index contributed by atoms with van der Waals surface area (Å²) in [6, 6.07) is 2.08. The molecule has 0 saturated heterocycles. The molecule has 1 aliphatic rings. The number of hydrogen-bond donors (Lipinski definition) is 0. The maximum Gasteiger partial charge on any atom is 0.0301 e. The molecule has 0 amide bonds. The van der Waals surface area contributed by atoms with E-state index in [1.807, 2.05) is 6.42 Å². The van der Waals surface area contributed by atoms with Gasteiger partial charge in [0.1, 0.15) is 0 Å². The molecule has 1 radical (unpaired) electrons. The van der Waals surface area contributed by atoms with E-state index in [1.165, 1.54) is 0 Å². The first-order chi connectivity index (χ1) is 3.43. The maximum atomic E-state index is 7.92. The van der Waals surface area contributed by atoms with Gasteiger partial charge in [-0.15, -0.1) is 5.92 Å². The fraction of sp³-hybridized carbons (Fsp3) is 0.500. The van der Waals surface area contributed by atoms with Gasteiger partial charge in [0.25, 0.3) is 0 Å². The molecule has 0 aromatic carbocycles. The molecule has 0 spiro atoms. The summed E-state index contributed by atoms with van der Waals surface area (Å²) in [5.41, 5.74) is 0. The molecule has 0 aromatic heterocycles. The molecule has 0 heterocycles. The van der Waals surface area contributed by atoms with Gasteiger partial charge >= 0.3 is 0 Å². The SMILES string of the molecule is N#CC1[CH-]C1.[CH2-]C.[Y]. The van der Waals surface area contributed by atoms with Crippen molar-refractivity contribution in [1.29, 1.82) is 5.26 Å². The van der Waals surface area contributed by atoms with Gasteiger partial charge < -0.3 is 13.3 Å². The molecule has 1 nitrogen and oxygen atoms in total. The van der Waals surface area contributed by atoms with Crippen molar-refractivity contribution < 1.29 is 32.7 Å². The standard InChI is InChI=1S/C4H4N.C2H5.Y/c5-3-4-1-2-4;1-2;/h1,4H,2H2;1H2,2H3;/q2*-1;. The second-order valence-corrected chi connectivity index (χ2v) is 1.21. The average Bonchev–Trinajstić information content (AvgIpc) is 2.52. The fourth-order valence-electron chi connectivity index (χ4n) is 0.173. The fourth-order valence-corrected chi connectivity index (χ4v) is 0.173. The van der Waals surface area contributed by atoms with E-state index in [0.29, 0.717) is 5.92 Å². The Bertz CT molecular complexity index is 71.1. The quantitative estimate of drug-likeness (QED) is 0.524. The third-order valence-corrected chi connectivity index (χ3v) is 0.637. The van der Waals surface area contributed by atoms with Crippen molar-refractivity contribution in [2.45, 2.75) is 13.3 Å². The molecular formula is C6H9NY-2. The Labute approximate surface area is 76.3 Å². The molecule has 0 bridgehead atoms. The second kappa shape index (κ2) is 7.59. The minimum atomic E-state index is 0. The van der Waals surface area contributed by atoms with Crippen LogP contribution in [0, 0.1) is 30.6 Å². The topological polar surface area (TPSA) is 23.8 Å². The molecule has 8 heavy (non-hydrogen) atoms. The summed E-state index contributed by atoms with van der Waals surface area (Å²) in [6.07, 6.45) is 3.01. The van der Waals surface area contributed by atoms with Crippen LogP contribution in [0.15, 0.2) is 0 Å². The van der Waals surface area contributed by atoms with Crippen LogP contribution in [0.5, 0.6) is 0 Å². The Morgan fingerprint density at radius 3 is 2.12 bits per heavy atom. The summed E-state index contributed by atoms with van der Waals surface area (Å²) in [7, 11) is 0. The molecule has 1 rings (SSSR count). The zero-order valence-corrected chi connectivity index (χ0v) is 7.93. The molecular weight excluding hydrogens is 175 g/mol. The van der Waals surface area contributed by atoms with Crippen LogP contribution in [0.1, 0.15) is 13.3 Å². The van der Waals surface area contributed by atoms with Crippen LogP contribution in [0.25, 0.3) is 0 Å². The molecule has 0 aliphatic heterocycles. The summed E-state index contributed by atoms with van der Waals surface area (Å²) < 4.78 is 0. The van der Waals surface area contributed by atoms with E-state index in [9.17, 15) is 0 Å². The number of rotatable bonds is 0. The first kappa shape index (κ1) is 11.4. The monoisotopic (exact) mass is 184 g/mol. The summed E-state index contributed by atoms with van der Waals surface area (Å²) in [6.45, 7) is 5.00. The van der Waals surface area contributed by atoms with Crippen molar-refractivity contribution >= 4 is 0 Å². The van der Waals surface area contributed by atoms with Crippen molar-refractivity contribution in [3.63, 3.8) is 0 Å². The number of hydrogen-bond acceptors (Lipinski definition) is 1. The molecule has 1 saturated carbocycles. The van der Waals surface area contributed by atoms with E-state index in [0.717, 1.165) is 6.42 Å². The predicted molar refractivity (Wildman–Crippen MR) is 29.1 cm³/mol. The summed E-state index contributed by atoms with van der Waals surface area (Å²) in [5, 5.41) is 7.92. The zero-order chi connectivity index (χ0) is 5.70. The molecule has 1 fully saturated rings. The summed E-state index contributed by atoms with van der Waals surface area (Å²) in [4.78, 5) is 0. The van der Waals surface area contributed by atoms with E-state index in [-0.39, 0.29) is 32.7 Å². The van der Waals surface area contributed by atoms with Crippen LogP contribution >= 0.6 is 0 Å². The molecule has 43 valence electrons. The van der Waals surface area contributed by atoms with Crippen molar-refractivity contribution in [1.82, 2.24) is 0 Å². The minimum Gasteiger partial charge on any atom is -0.346 e. The van der Waals surface area contributed by atoms with Gasteiger partial charge in [0, 0.05) is 38.8 Å². The van der Waals surface area contributed by atoms with E-state index in [1.54, 1.807) is 6.92 Å². The van der Waals surface area contributed by atoms with Crippen molar-refractivity contribution in [2.75, 3.05) is 0 Å². The molecule has 0 aromatic rings. The Morgan fingerprint density at radius 2 is 2.12 bits per heavy atom. The van der Waals surface area contributed by atoms with Crippen LogP contribution in [0.3, 0.4) is 0 Å². The zero-order valence-electron chi connectivity index (χ0n) is 5.09. The number of nitrogens with zero attached hydrogens (tertiary/aromatic N) is 1. The van der Waals surface area contributed by atoms with Crippen LogP contribution in [-0.2, 0) is 32.7 Å². The minimum absolute atomic E-state index is 0.